The lowest BCUT2D eigenvalue weighted by atomic mass is 9.84. The number of urea groups is 1. The number of amidine groups is 1. The Morgan fingerprint density at radius 1 is 1.32 bits per heavy atom. The van der Waals surface area contributed by atoms with E-state index in [0.29, 0.717) is 12.4 Å². The Kier molecular flexibility index (Phi) is 3.10. The minimum atomic E-state index is -0.617. The molecule has 2 bridgehead atoms. The van der Waals surface area contributed by atoms with E-state index in [-0.39, 0.29) is 11.5 Å². The van der Waals surface area contributed by atoms with Crippen LogP contribution in [0.2, 0.25) is 0 Å². The van der Waals surface area contributed by atoms with E-state index in [9.17, 15) is 4.79 Å². The van der Waals surface area contributed by atoms with Crippen LogP contribution in [0.1, 0.15) is 24.5 Å². The maximum Gasteiger partial charge on any atom is 0.326 e. The Hall–Kier alpha value is -1.88. The average Bonchev–Trinajstić information content (AvgIpc) is 2.56. The summed E-state index contributed by atoms with van der Waals surface area (Å²) in [6.07, 6.45) is 1.88. The van der Waals surface area contributed by atoms with Gasteiger partial charge in [0.1, 0.15) is 11.4 Å². The highest BCUT2D eigenvalue weighted by Crippen LogP contribution is 2.39. The number of hydrogen-bond donors (Lipinski definition) is 1. The second kappa shape index (κ2) is 4.35. The van der Waals surface area contributed by atoms with Crippen molar-refractivity contribution in [1.29, 1.82) is 5.41 Å². The molecule has 5 heteroatoms. The number of hydrogen-bond acceptors (Lipinski definition) is 2. The highest BCUT2D eigenvalue weighted by atomic mass is 16.2. The quantitative estimate of drug-likeness (QED) is 0.752. The van der Waals surface area contributed by atoms with Crippen LogP contribution in [0, 0.1) is 5.41 Å². The molecule has 5 nitrogen and oxygen atoms in total. The third kappa shape index (κ3) is 1.58. The van der Waals surface area contributed by atoms with Crippen molar-refractivity contribution in [3.63, 3.8) is 0 Å². The third-order valence-corrected chi connectivity index (χ3v) is 4.29. The Morgan fingerprint density at radius 3 is 2.74 bits per heavy atom. The average molecular weight is 261 g/mol. The van der Waals surface area contributed by atoms with Crippen molar-refractivity contribution in [2.45, 2.75) is 25.3 Å². The number of fused-ring (bicyclic) bond motifs is 4. The van der Waals surface area contributed by atoms with E-state index in [1.165, 1.54) is 5.56 Å². The summed E-state index contributed by atoms with van der Waals surface area (Å²) in [7, 11) is 1.79. The molecule has 102 valence electrons. The fraction of sp³-hybridized carbons (Fsp3) is 0.429. The molecule has 1 atom stereocenters. The normalized spacial score (nSPS) is 25.6. The van der Waals surface area contributed by atoms with Crippen LogP contribution in [0.4, 0.5) is 4.79 Å². The highest BCUT2D eigenvalue weighted by Gasteiger charge is 2.51. The first kappa shape index (κ1) is 13.5. The number of likely N-dealkylation sites (N-methyl/N-ethyl adjacent to an activating group) is 1. The number of carbonyl (C=O) groups is 1. The minimum absolute atomic E-state index is 0. The zero-order valence-corrected chi connectivity index (χ0v) is 11.2. The molecular weight excluding hydrogens is 242 g/mol. The maximum atomic E-state index is 12.2. The Bertz CT molecular complexity index is 543. The van der Waals surface area contributed by atoms with E-state index >= 15 is 0 Å². The van der Waals surface area contributed by atoms with E-state index < -0.39 is 5.54 Å². The van der Waals surface area contributed by atoms with E-state index in [1.54, 1.807) is 16.8 Å². The predicted octanol–water partition coefficient (Wildman–Crippen LogP) is 1.37. The van der Waals surface area contributed by atoms with Crippen molar-refractivity contribution in [2.75, 3.05) is 13.6 Å². The van der Waals surface area contributed by atoms with Gasteiger partial charge in [0.2, 0.25) is 0 Å². The van der Waals surface area contributed by atoms with Gasteiger partial charge in [-0.25, -0.2) is 4.79 Å². The molecule has 1 fully saturated rings. The molecule has 0 unspecified atom stereocenters. The summed E-state index contributed by atoms with van der Waals surface area (Å²) < 4.78 is 0. The Balaban J connectivity index is 0.00000133. The molecule has 1 saturated heterocycles. The molecule has 19 heavy (non-hydrogen) atoms. The van der Waals surface area contributed by atoms with E-state index in [1.807, 2.05) is 25.1 Å². The number of amides is 2. The molecule has 0 aromatic heterocycles. The molecule has 0 spiro atoms. The summed E-state index contributed by atoms with van der Waals surface area (Å²) >= 11 is 0. The van der Waals surface area contributed by atoms with Gasteiger partial charge in [-0.1, -0.05) is 24.3 Å². The van der Waals surface area contributed by atoms with Crippen LogP contribution in [0.3, 0.4) is 0 Å². The van der Waals surface area contributed by atoms with Crippen LogP contribution >= 0.6 is 0 Å². The number of benzene rings is 1. The van der Waals surface area contributed by atoms with Gasteiger partial charge >= 0.3 is 6.03 Å². The lowest BCUT2D eigenvalue weighted by molar-refractivity contribution is 0.184. The molecule has 3 N–H and O–H groups in total. The van der Waals surface area contributed by atoms with Crippen molar-refractivity contribution in [3.8, 4) is 0 Å². The molecule has 3 rings (SSSR count). The first-order valence-electron chi connectivity index (χ1n) is 6.29. The number of aryl methyl sites for hydroxylation is 1. The van der Waals surface area contributed by atoms with Gasteiger partial charge in [0, 0.05) is 13.6 Å². The highest BCUT2D eigenvalue weighted by molar-refractivity contribution is 6.08. The van der Waals surface area contributed by atoms with Crippen LogP contribution in [0.25, 0.3) is 0 Å². The summed E-state index contributed by atoms with van der Waals surface area (Å²) in [6.45, 7) is 2.61. The zero-order valence-electron chi connectivity index (χ0n) is 11.2. The van der Waals surface area contributed by atoms with Crippen molar-refractivity contribution >= 4 is 11.9 Å². The summed E-state index contributed by atoms with van der Waals surface area (Å²) in [4.78, 5) is 15.5. The molecular formula is C14H19N3O2. The molecule has 2 amide bonds. The maximum absolute atomic E-state index is 12.2. The second-order valence-corrected chi connectivity index (χ2v) is 5.17. The number of carbonyl (C=O) groups excluding carboxylic acids is 1. The van der Waals surface area contributed by atoms with Gasteiger partial charge < -0.3 is 10.4 Å². The molecule has 2 heterocycles. The number of nitrogens with one attached hydrogen (secondary N) is 1. The van der Waals surface area contributed by atoms with Crippen LogP contribution in [-0.4, -0.2) is 40.7 Å². The van der Waals surface area contributed by atoms with Crippen LogP contribution < -0.4 is 0 Å². The Labute approximate surface area is 112 Å². The summed E-state index contributed by atoms with van der Waals surface area (Å²) in [5.74, 6) is 0.405. The molecule has 1 aromatic rings. The van der Waals surface area contributed by atoms with Crippen LogP contribution in [0.15, 0.2) is 24.3 Å². The van der Waals surface area contributed by atoms with Gasteiger partial charge in [0.25, 0.3) is 0 Å². The second-order valence-electron chi connectivity index (χ2n) is 5.17. The van der Waals surface area contributed by atoms with Crippen molar-refractivity contribution < 1.29 is 10.3 Å². The molecule has 0 saturated carbocycles. The van der Waals surface area contributed by atoms with E-state index in [4.69, 9.17) is 5.41 Å². The fourth-order valence-corrected chi connectivity index (χ4v) is 3.05. The SMILES string of the molecule is CN1C(=O)N2CCCc3ccccc3[C@]1(C)C2=N.O. The monoisotopic (exact) mass is 261 g/mol. The first-order valence-corrected chi connectivity index (χ1v) is 6.29. The van der Waals surface area contributed by atoms with Gasteiger partial charge in [-0.05, 0) is 30.9 Å². The zero-order chi connectivity index (χ0) is 12.9. The lowest BCUT2D eigenvalue weighted by Crippen LogP contribution is -2.43. The summed E-state index contributed by atoms with van der Waals surface area (Å²) in [5, 5.41) is 8.35. The van der Waals surface area contributed by atoms with E-state index in [2.05, 4.69) is 6.07 Å². The largest absolute Gasteiger partial charge is 0.412 e. The molecule has 1 aromatic carbocycles. The lowest BCUT2D eigenvalue weighted by Gasteiger charge is -2.33. The molecule has 2 aliphatic heterocycles. The summed E-state index contributed by atoms with van der Waals surface area (Å²) in [6, 6.07) is 8.11. The van der Waals surface area contributed by atoms with Gasteiger partial charge in [-0.3, -0.25) is 10.3 Å². The first-order chi connectivity index (χ1) is 8.56. The standard InChI is InChI=1S/C14H17N3O.H2O/c1-14-11-8-4-3-6-10(11)7-5-9-17(12(14)15)13(18)16(14)2;/h3-4,6,8,15H,5,7,9H2,1-2H3;1H2/t14-;/m1./s1. The Morgan fingerprint density at radius 2 is 2.00 bits per heavy atom. The minimum Gasteiger partial charge on any atom is -0.412 e. The molecule has 0 radical (unpaired) electrons. The topological polar surface area (TPSA) is 78.9 Å². The third-order valence-electron chi connectivity index (χ3n) is 4.29. The smallest absolute Gasteiger partial charge is 0.326 e. The van der Waals surface area contributed by atoms with Gasteiger partial charge in [0.15, 0.2) is 0 Å². The molecule has 2 aliphatic rings. The van der Waals surface area contributed by atoms with Gasteiger partial charge in [0.05, 0.1) is 0 Å². The van der Waals surface area contributed by atoms with Crippen LogP contribution in [-0.2, 0) is 12.0 Å². The number of rotatable bonds is 0. The van der Waals surface area contributed by atoms with Crippen molar-refractivity contribution in [1.82, 2.24) is 9.80 Å². The van der Waals surface area contributed by atoms with E-state index in [0.717, 1.165) is 18.4 Å². The van der Waals surface area contributed by atoms with Crippen molar-refractivity contribution in [2.24, 2.45) is 0 Å². The predicted molar refractivity (Wildman–Crippen MR) is 73.3 cm³/mol. The molecule has 0 aliphatic carbocycles. The van der Waals surface area contributed by atoms with Crippen molar-refractivity contribution in [3.05, 3.63) is 35.4 Å². The van der Waals surface area contributed by atoms with Gasteiger partial charge in [-0.2, -0.15) is 0 Å². The fourth-order valence-electron chi connectivity index (χ4n) is 3.05. The number of nitrogens with zero attached hydrogens (tertiary/aromatic N) is 2. The van der Waals surface area contributed by atoms with Crippen LogP contribution in [0.5, 0.6) is 0 Å². The van der Waals surface area contributed by atoms with Gasteiger partial charge in [-0.15, -0.1) is 0 Å². The summed E-state index contributed by atoms with van der Waals surface area (Å²) in [5.41, 5.74) is 1.73.